The molecule has 4 aromatic rings. The summed E-state index contributed by atoms with van der Waals surface area (Å²) in [7, 11) is 1.63. The van der Waals surface area contributed by atoms with Gasteiger partial charge in [0.25, 0.3) is 5.56 Å². The summed E-state index contributed by atoms with van der Waals surface area (Å²) >= 11 is 1.46. The summed E-state index contributed by atoms with van der Waals surface area (Å²) in [5, 5.41) is 9.39. The second-order valence-corrected chi connectivity index (χ2v) is 7.19. The van der Waals surface area contributed by atoms with Crippen molar-refractivity contribution >= 4 is 22.7 Å². The third kappa shape index (κ3) is 3.31. The molecule has 0 saturated carbocycles. The van der Waals surface area contributed by atoms with E-state index in [0.29, 0.717) is 21.9 Å². The predicted molar refractivity (Wildman–Crippen MR) is 105 cm³/mol. The molecule has 136 valence electrons. The van der Waals surface area contributed by atoms with Crippen LogP contribution in [-0.4, -0.2) is 31.8 Å². The number of nitrogens with zero attached hydrogens (tertiary/aromatic N) is 4. The lowest BCUT2D eigenvalue weighted by atomic mass is 10.2. The van der Waals surface area contributed by atoms with Crippen molar-refractivity contribution < 1.29 is 4.74 Å². The van der Waals surface area contributed by atoms with Crippen LogP contribution in [0.3, 0.4) is 0 Å². The van der Waals surface area contributed by atoms with E-state index in [1.165, 1.54) is 11.8 Å². The molecule has 0 aliphatic carbocycles. The van der Waals surface area contributed by atoms with Gasteiger partial charge in [0.1, 0.15) is 17.9 Å². The molecule has 8 heteroatoms. The van der Waals surface area contributed by atoms with E-state index in [2.05, 4.69) is 20.2 Å². The van der Waals surface area contributed by atoms with Crippen molar-refractivity contribution in [3.05, 3.63) is 71.0 Å². The maximum Gasteiger partial charge on any atom is 0.258 e. The molecule has 4 rings (SSSR count). The Labute approximate surface area is 159 Å². The molecule has 0 aliphatic heterocycles. The fraction of sp³-hybridized carbons (Fsp3) is 0.158. The zero-order valence-electron chi connectivity index (χ0n) is 14.8. The van der Waals surface area contributed by atoms with Gasteiger partial charge in [0.15, 0.2) is 5.16 Å². The van der Waals surface area contributed by atoms with Gasteiger partial charge in [-0.05, 0) is 31.2 Å². The number of nitrogens with one attached hydrogen (secondary N) is 1. The first-order valence-corrected chi connectivity index (χ1v) is 9.24. The maximum absolute atomic E-state index is 12.3. The molecule has 0 saturated heterocycles. The lowest BCUT2D eigenvalue weighted by molar-refractivity contribution is 0.412. The van der Waals surface area contributed by atoms with Crippen LogP contribution in [0.4, 0.5) is 0 Å². The molecule has 0 amide bonds. The van der Waals surface area contributed by atoms with E-state index in [9.17, 15) is 4.79 Å². The van der Waals surface area contributed by atoms with Crippen LogP contribution in [0.5, 0.6) is 5.75 Å². The second-order valence-electron chi connectivity index (χ2n) is 5.88. The van der Waals surface area contributed by atoms with E-state index in [-0.39, 0.29) is 10.8 Å². The van der Waals surface area contributed by atoms with Gasteiger partial charge in [-0.15, -0.1) is 10.2 Å². The van der Waals surface area contributed by atoms with Crippen molar-refractivity contribution in [1.29, 1.82) is 0 Å². The Morgan fingerprint density at radius 3 is 2.78 bits per heavy atom. The van der Waals surface area contributed by atoms with Crippen molar-refractivity contribution in [2.24, 2.45) is 0 Å². The summed E-state index contributed by atoms with van der Waals surface area (Å²) in [4.78, 5) is 19.8. The zero-order chi connectivity index (χ0) is 18.8. The van der Waals surface area contributed by atoms with Gasteiger partial charge in [-0.2, -0.15) is 0 Å². The Morgan fingerprint density at radius 1 is 1.15 bits per heavy atom. The van der Waals surface area contributed by atoms with Gasteiger partial charge in [0, 0.05) is 0 Å². The quantitative estimate of drug-likeness (QED) is 0.535. The van der Waals surface area contributed by atoms with Gasteiger partial charge >= 0.3 is 0 Å². The van der Waals surface area contributed by atoms with E-state index in [1.54, 1.807) is 19.5 Å². The first kappa shape index (κ1) is 17.3. The average Bonchev–Trinajstić information content (AvgIpc) is 3.15. The molecule has 0 aliphatic rings. The zero-order valence-corrected chi connectivity index (χ0v) is 15.6. The topological polar surface area (TPSA) is 85.7 Å². The first-order chi connectivity index (χ1) is 13.2. The van der Waals surface area contributed by atoms with Gasteiger partial charge in [0.05, 0.1) is 29.0 Å². The first-order valence-electron chi connectivity index (χ1n) is 8.36. The summed E-state index contributed by atoms with van der Waals surface area (Å²) < 4.78 is 7.29. The van der Waals surface area contributed by atoms with Crippen LogP contribution < -0.4 is 10.3 Å². The fourth-order valence-corrected chi connectivity index (χ4v) is 3.70. The highest BCUT2D eigenvalue weighted by Gasteiger charge is 2.18. The molecule has 0 bridgehead atoms. The van der Waals surface area contributed by atoms with Crippen LogP contribution in [0.15, 0.2) is 64.8 Å². The minimum absolute atomic E-state index is 0.125. The summed E-state index contributed by atoms with van der Waals surface area (Å²) in [6.07, 6.45) is 1.64. The van der Waals surface area contributed by atoms with Crippen LogP contribution in [-0.2, 0) is 0 Å². The molecule has 7 nitrogen and oxygen atoms in total. The molecule has 1 N–H and O–H groups in total. The van der Waals surface area contributed by atoms with Gasteiger partial charge in [-0.3, -0.25) is 9.36 Å². The minimum atomic E-state index is -0.144. The molecule has 0 radical (unpaired) electrons. The number of hydrogen-bond acceptors (Lipinski definition) is 6. The van der Waals surface area contributed by atoms with Gasteiger partial charge in [-0.25, -0.2) is 4.98 Å². The number of rotatable bonds is 5. The number of hydrogen-bond donors (Lipinski definition) is 1. The molecule has 2 aromatic heterocycles. The summed E-state index contributed by atoms with van der Waals surface area (Å²) in [6.45, 7) is 1.97. The lowest BCUT2D eigenvalue weighted by Gasteiger charge is -2.13. The summed E-state index contributed by atoms with van der Waals surface area (Å²) in [6, 6.07) is 15.0. The largest absolute Gasteiger partial charge is 0.495 e. The Bertz CT molecular complexity index is 1150. The van der Waals surface area contributed by atoms with Crippen LogP contribution >= 0.6 is 11.8 Å². The molecular weight excluding hydrogens is 362 g/mol. The van der Waals surface area contributed by atoms with Crippen LogP contribution in [0.2, 0.25) is 0 Å². The summed E-state index contributed by atoms with van der Waals surface area (Å²) in [5.74, 6) is 1.32. The number of ether oxygens (including phenoxy) is 1. The van der Waals surface area contributed by atoms with Gasteiger partial charge in [0.2, 0.25) is 0 Å². The smallest absolute Gasteiger partial charge is 0.258 e. The molecule has 0 unspecified atom stereocenters. The Kier molecular flexibility index (Phi) is 4.64. The fourth-order valence-electron chi connectivity index (χ4n) is 2.81. The van der Waals surface area contributed by atoms with Crippen molar-refractivity contribution in [2.75, 3.05) is 7.11 Å². The van der Waals surface area contributed by atoms with Crippen molar-refractivity contribution in [3.8, 4) is 11.4 Å². The van der Waals surface area contributed by atoms with Gasteiger partial charge in [-0.1, -0.05) is 36.0 Å². The van der Waals surface area contributed by atoms with E-state index >= 15 is 0 Å². The molecule has 2 heterocycles. The van der Waals surface area contributed by atoms with E-state index in [4.69, 9.17) is 4.74 Å². The number of methoxy groups -OCH3 is 1. The normalized spacial score (nSPS) is 12.2. The maximum atomic E-state index is 12.3. The number of aromatic nitrogens is 5. The molecule has 0 spiro atoms. The average molecular weight is 379 g/mol. The highest BCUT2D eigenvalue weighted by molar-refractivity contribution is 7.99. The number of para-hydroxylation sites is 3. The number of H-pyrrole nitrogens is 1. The number of benzene rings is 2. The van der Waals surface area contributed by atoms with Crippen molar-refractivity contribution in [1.82, 2.24) is 24.7 Å². The number of fused-ring (bicyclic) bond motifs is 1. The standard InChI is InChI=1S/C19H17N5O2S/c1-12(17-21-14-8-4-3-7-13(14)18(25)22-17)27-19-23-20-11-24(19)15-9-5-6-10-16(15)26-2/h3-12H,1-2H3,(H,21,22,25)/t12-/m1/s1. The van der Waals surface area contributed by atoms with Crippen molar-refractivity contribution in [3.63, 3.8) is 0 Å². The third-order valence-corrected chi connectivity index (χ3v) is 5.23. The monoisotopic (exact) mass is 379 g/mol. The molecule has 2 aromatic carbocycles. The second kappa shape index (κ2) is 7.24. The predicted octanol–water partition coefficient (Wildman–Crippen LogP) is 3.37. The van der Waals surface area contributed by atoms with Crippen molar-refractivity contribution in [2.45, 2.75) is 17.3 Å². The van der Waals surface area contributed by atoms with E-state index in [1.807, 2.05) is 54.0 Å². The highest BCUT2D eigenvalue weighted by atomic mass is 32.2. The van der Waals surface area contributed by atoms with E-state index in [0.717, 1.165) is 11.4 Å². The molecule has 1 atom stereocenters. The Hall–Kier alpha value is -3.13. The van der Waals surface area contributed by atoms with E-state index < -0.39 is 0 Å². The highest BCUT2D eigenvalue weighted by Crippen LogP contribution is 2.34. The Balaban J connectivity index is 1.68. The van der Waals surface area contributed by atoms with Crippen LogP contribution in [0.25, 0.3) is 16.6 Å². The molecular formula is C19H17N5O2S. The third-order valence-electron chi connectivity index (χ3n) is 4.16. The number of aromatic amines is 1. The molecule has 0 fully saturated rings. The summed E-state index contributed by atoms with van der Waals surface area (Å²) in [5.41, 5.74) is 1.38. The minimum Gasteiger partial charge on any atom is -0.495 e. The van der Waals surface area contributed by atoms with Crippen LogP contribution in [0, 0.1) is 0 Å². The lowest BCUT2D eigenvalue weighted by Crippen LogP contribution is -2.13. The molecule has 27 heavy (non-hydrogen) atoms. The van der Waals surface area contributed by atoms with Gasteiger partial charge < -0.3 is 9.72 Å². The number of thioether (sulfide) groups is 1. The Morgan fingerprint density at radius 2 is 1.93 bits per heavy atom. The van der Waals surface area contributed by atoms with Crippen LogP contribution in [0.1, 0.15) is 18.0 Å². The SMILES string of the molecule is COc1ccccc1-n1cnnc1S[C@H](C)c1nc2ccccc2c(=O)[nH]1.